The molecular formula is C24H32N2O. The normalized spacial score (nSPS) is 16.9. The van der Waals surface area contributed by atoms with E-state index in [4.69, 9.17) is 0 Å². The fourth-order valence-corrected chi connectivity index (χ4v) is 4.14. The molecule has 3 nitrogen and oxygen atoms in total. The maximum atomic E-state index is 12.7. The van der Waals surface area contributed by atoms with Gasteiger partial charge in [0.2, 0.25) is 5.91 Å². The van der Waals surface area contributed by atoms with Gasteiger partial charge in [0, 0.05) is 12.5 Å². The van der Waals surface area contributed by atoms with E-state index in [2.05, 4.69) is 80.4 Å². The predicted octanol–water partition coefficient (Wildman–Crippen LogP) is 4.70. The quantitative estimate of drug-likeness (QED) is 0.834. The monoisotopic (exact) mass is 364 g/mol. The van der Waals surface area contributed by atoms with Gasteiger partial charge in [-0.25, -0.2) is 0 Å². The molecule has 0 aliphatic carbocycles. The van der Waals surface area contributed by atoms with Crippen molar-refractivity contribution in [3.05, 3.63) is 70.3 Å². The van der Waals surface area contributed by atoms with Gasteiger partial charge in [0.25, 0.3) is 0 Å². The first-order valence-corrected chi connectivity index (χ1v) is 10.1. The summed E-state index contributed by atoms with van der Waals surface area (Å²) in [5, 5.41) is 3.24. The van der Waals surface area contributed by atoms with Crippen LogP contribution in [0.4, 0.5) is 0 Å². The Balaban J connectivity index is 1.50. The average molecular weight is 365 g/mol. The summed E-state index contributed by atoms with van der Waals surface area (Å²) in [6.45, 7) is 11.4. The highest BCUT2D eigenvalue weighted by Crippen LogP contribution is 2.23. The number of nitrogens with zero attached hydrogens (tertiary/aromatic N) is 1. The minimum atomic E-state index is 0.0587. The number of carbonyl (C=O) groups excluding carboxylic acids is 1. The molecule has 0 aromatic heterocycles. The van der Waals surface area contributed by atoms with Gasteiger partial charge < -0.3 is 5.32 Å². The van der Waals surface area contributed by atoms with Crippen LogP contribution in [-0.4, -0.2) is 23.9 Å². The van der Waals surface area contributed by atoms with E-state index in [-0.39, 0.29) is 17.9 Å². The molecule has 27 heavy (non-hydrogen) atoms. The molecule has 0 saturated carbocycles. The average Bonchev–Trinajstić information content (AvgIpc) is 2.62. The van der Waals surface area contributed by atoms with Crippen LogP contribution in [0.15, 0.2) is 42.5 Å². The lowest BCUT2D eigenvalue weighted by Crippen LogP contribution is -2.41. The zero-order chi connectivity index (χ0) is 19.4. The van der Waals surface area contributed by atoms with Gasteiger partial charge in [0.1, 0.15) is 0 Å². The minimum Gasteiger partial charge on any atom is -0.349 e. The van der Waals surface area contributed by atoms with Crippen LogP contribution >= 0.6 is 0 Å². The minimum absolute atomic E-state index is 0.0587. The van der Waals surface area contributed by atoms with Gasteiger partial charge in [-0.2, -0.15) is 0 Å². The molecule has 1 saturated heterocycles. The molecule has 0 bridgehead atoms. The van der Waals surface area contributed by atoms with Gasteiger partial charge in [-0.3, -0.25) is 9.69 Å². The topological polar surface area (TPSA) is 32.3 Å². The number of rotatable bonds is 5. The number of nitrogens with one attached hydrogen (secondary N) is 1. The molecule has 2 aromatic rings. The third-order valence-corrected chi connectivity index (χ3v) is 5.70. The van der Waals surface area contributed by atoms with Crippen LogP contribution in [0.3, 0.4) is 0 Å². The highest BCUT2D eigenvalue weighted by Gasteiger charge is 2.26. The molecule has 1 heterocycles. The second kappa shape index (κ2) is 8.71. The van der Waals surface area contributed by atoms with Crippen LogP contribution in [-0.2, 0) is 11.3 Å². The molecule has 3 heteroatoms. The summed E-state index contributed by atoms with van der Waals surface area (Å²) in [7, 11) is 0. The van der Waals surface area contributed by atoms with Crippen LogP contribution < -0.4 is 5.32 Å². The summed E-state index contributed by atoms with van der Waals surface area (Å²) < 4.78 is 0. The Hall–Kier alpha value is -2.13. The Morgan fingerprint density at radius 3 is 2.44 bits per heavy atom. The molecular weight excluding hydrogens is 332 g/mol. The Morgan fingerprint density at radius 2 is 1.78 bits per heavy atom. The van der Waals surface area contributed by atoms with E-state index in [0.29, 0.717) is 0 Å². The lowest BCUT2D eigenvalue weighted by molar-refractivity contribution is -0.127. The number of piperidine rings is 1. The van der Waals surface area contributed by atoms with E-state index in [9.17, 15) is 4.79 Å². The maximum absolute atomic E-state index is 12.7. The van der Waals surface area contributed by atoms with Crippen LogP contribution in [0.25, 0.3) is 0 Å². The van der Waals surface area contributed by atoms with Gasteiger partial charge in [0.05, 0.1) is 6.04 Å². The van der Waals surface area contributed by atoms with Gasteiger partial charge in [-0.15, -0.1) is 0 Å². The van der Waals surface area contributed by atoms with E-state index >= 15 is 0 Å². The Morgan fingerprint density at radius 1 is 1.07 bits per heavy atom. The summed E-state index contributed by atoms with van der Waals surface area (Å²) in [6.07, 6.45) is 1.88. The number of amides is 1. The second-order valence-corrected chi connectivity index (χ2v) is 8.13. The molecule has 0 unspecified atom stereocenters. The summed E-state index contributed by atoms with van der Waals surface area (Å²) in [5.41, 5.74) is 6.39. The van der Waals surface area contributed by atoms with Crippen molar-refractivity contribution in [1.29, 1.82) is 0 Å². The van der Waals surface area contributed by atoms with Crippen molar-refractivity contribution in [3.63, 3.8) is 0 Å². The van der Waals surface area contributed by atoms with Gasteiger partial charge in [-0.1, -0.05) is 53.6 Å². The third-order valence-electron chi connectivity index (χ3n) is 5.70. The summed E-state index contributed by atoms with van der Waals surface area (Å²) in [6, 6.07) is 15.2. The molecule has 2 aromatic carbocycles. The fraction of sp³-hybridized carbons (Fsp3) is 0.458. The molecule has 0 radical (unpaired) electrons. The third kappa shape index (κ3) is 5.20. The van der Waals surface area contributed by atoms with E-state index in [0.717, 1.165) is 32.5 Å². The molecule has 0 spiro atoms. The van der Waals surface area contributed by atoms with E-state index in [1.807, 2.05) is 0 Å². The van der Waals surface area contributed by atoms with E-state index < -0.39 is 0 Å². The Kier molecular flexibility index (Phi) is 6.33. The van der Waals surface area contributed by atoms with E-state index in [1.165, 1.54) is 27.8 Å². The number of aryl methyl sites for hydroxylation is 3. The Bertz CT molecular complexity index is 791. The smallest absolute Gasteiger partial charge is 0.223 e. The lowest BCUT2D eigenvalue weighted by atomic mass is 9.94. The molecule has 3 rings (SSSR count). The van der Waals surface area contributed by atoms with Gasteiger partial charge in [0.15, 0.2) is 0 Å². The lowest BCUT2D eigenvalue weighted by Gasteiger charge is -2.32. The molecule has 1 atom stereocenters. The van der Waals surface area contributed by atoms with Crippen molar-refractivity contribution in [3.8, 4) is 0 Å². The van der Waals surface area contributed by atoms with Crippen LogP contribution in [0.5, 0.6) is 0 Å². The molecule has 1 N–H and O–H groups in total. The molecule has 1 aliphatic heterocycles. The standard InChI is InChI=1S/C24H32N2O/c1-17-6-5-7-21(15-17)16-26-12-10-22(11-13-26)24(27)25-20(4)23-9-8-18(2)14-19(23)3/h5-9,14-15,20,22H,10-13,16H2,1-4H3,(H,25,27)/t20-/m0/s1. The Labute approximate surface area is 163 Å². The first-order chi connectivity index (χ1) is 12.9. The number of hydrogen-bond donors (Lipinski definition) is 1. The highest BCUT2D eigenvalue weighted by atomic mass is 16.1. The molecule has 1 aliphatic rings. The predicted molar refractivity (Wildman–Crippen MR) is 112 cm³/mol. The van der Waals surface area contributed by atoms with Crippen LogP contribution in [0.2, 0.25) is 0 Å². The first-order valence-electron chi connectivity index (χ1n) is 10.1. The van der Waals surface area contributed by atoms with Crippen LogP contribution in [0.1, 0.15) is 53.6 Å². The first kappa shape index (κ1) is 19.6. The second-order valence-electron chi connectivity index (χ2n) is 8.13. The number of hydrogen-bond acceptors (Lipinski definition) is 2. The maximum Gasteiger partial charge on any atom is 0.223 e. The largest absolute Gasteiger partial charge is 0.349 e. The zero-order valence-electron chi connectivity index (χ0n) is 17.1. The van der Waals surface area contributed by atoms with Crippen molar-refractivity contribution >= 4 is 5.91 Å². The summed E-state index contributed by atoms with van der Waals surface area (Å²) in [5.74, 6) is 0.338. The van der Waals surface area contributed by atoms with Crippen molar-refractivity contribution < 1.29 is 4.79 Å². The number of benzene rings is 2. The molecule has 1 amide bonds. The van der Waals surface area contributed by atoms with Crippen LogP contribution in [0, 0.1) is 26.7 Å². The fourth-order valence-electron chi connectivity index (χ4n) is 4.14. The molecule has 1 fully saturated rings. The van der Waals surface area contributed by atoms with Crippen molar-refractivity contribution in [1.82, 2.24) is 10.2 Å². The number of carbonyl (C=O) groups is 1. The highest BCUT2D eigenvalue weighted by molar-refractivity contribution is 5.79. The number of likely N-dealkylation sites (tertiary alicyclic amines) is 1. The van der Waals surface area contributed by atoms with Gasteiger partial charge >= 0.3 is 0 Å². The van der Waals surface area contributed by atoms with Crippen molar-refractivity contribution in [2.75, 3.05) is 13.1 Å². The molecule has 144 valence electrons. The van der Waals surface area contributed by atoms with Crippen molar-refractivity contribution in [2.45, 2.75) is 53.1 Å². The van der Waals surface area contributed by atoms with E-state index in [1.54, 1.807) is 0 Å². The summed E-state index contributed by atoms with van der Waals surface area (Å²) >= 11 is 0. The van der Waals surface area contributed by atoms with Gasteiger partial charge in [-0.05, 0) is 70.3 Å². The summed E-state index contributed by atoms with van der Waals surface area (Å²) in [4.78, 5) is 15.2. The zero-order valence-corrected chi connectivity index (χ0v) is 17.1. The van der Waals surface area contributed by atoms with Crippen molar-refractivity contribution in [2.24, 2.45) is 5.92 Å². The SMILES string of the molecule is Cc1cccc(CN2CCC(C(=O)N[C@@H](C)c3ccc(C)cc3C)CC2)c1.